The third-order valence-electron chi connectivity index (χ3n) is 4.36. The lowest BCUT2D eigenvalue weighted by molar-refractivity contribution is 0.658. The molecule has 0 aliphatic carbocycles. The molecule has 7 heteroatoms. The van der Waals surface area contributed by atoms with E-state index in [1.165, 1.54) is 5.56 Å². The van der Waals surface area contributed by atoms with Gasteiger partial charge < -0.3 is 15.2 Å². The second-order valence-electron chi connectivity index (χ2n) is 6.30. The normalized spacial score (nSPS) is 12.2. The third-order valence-corrected chi connectivity index (χ3v) is 4.61. The van der Waals surface area contributed by atoms with Gasteiger partial charge in [-0.2, -0.15) is 0 Å². The van der Waals surface area contributed by atoms with Crippen molar-refractivity contribution in [1.29, 1.82) is 0 Å². The molecule has 28 heavy (non-hydrogen) atoms. The van der Waals surface area contributed by atoms with Crippen LogP contribution in [0.25, 0.3) is 0 Å². The monoisotopic (exact) mass is 509 g/mol. The van der Waals surface area contributed by atoms with Gasteiger partial charge in [0.05, 0.1) is 12.6 Å². The molecule has 0 saturated heterocycles. The summed E-state index contributed by atoms with van der Waals surface area (Å²) in [6, 6.07) is 18.3. The summed E-state index contributed by atoms with van der Waals surface area (Å²) in [6.07, 6.45) is 3.82. The van der Waals surface area contributed by atoms with Crippen molar-refractivity contribution in [3.8, 4) is 0 Å². The number of nitrogens with zero attached hydrogens (tertiary/aromatic N) is 3. The smallest absolute Gasteiger partial charge is 0.191 e. The predicted molar refractivity (Wildman–Crippen MR) is 126 cm³/mol. The maximum atomic E-state index is 5.96. The van der Waals surface area contributed by atoms with Crippen LogP contribution in [0.2, 0.25) is 5.02 Å². The van der Waals surface area contributed by atoms with Gasteiger partial charge in [0, 0.05) is 31.0 Å². The van der Waals surface area contributed by atoms with E-state index in [-0.39, 0.29) is 30.0 Å². The molecule has 0 bridgehead atoms. The van der Waals surface area contributed by atoms with E-state index >= 15 is 0 Å². The lowest BCUT2D eigenvalue weighted by Gasteiger charge is -2.18. The fourth-order valence-electron chi connectivity index (χ4n) is 2.83. The Hall–Kier alpha value is -2.06. The Bertz CT molecular complexity index is 877. The van der Waals surface area contributed by atoms with Gasteiger partial charge >= 0.3 is 0 Å². The molecule has 1 heterocycles. The van der Waals surface area contributed by atoms with Gasteiger partial charge in [0.25, 0.3) is 0 Å². The van der Waals surface area contributed by atoms with E-state index in [1.54, 1.807) is 7.05 Å². The standard InChI is InChI=1S/C21H24ClN5.HI/c1-16(18-8-10-19(22)11-9-18)26-21(23-2)25-14-20-24-12-13-27(20)15-17-6-4-3-5-7-17;/h3-13,16H,14-15H2,1-2H3,(H2,23,25,26);1H. The van der Waals surface area contributed by atoms with Crippen molar-refractivity contribution in [2.75, 3.05) is 7.05 Å². The van der Waals surface area contributed by atoms with Crippen molar-refractivity contribution in [3.05, 3.63) is 89.0 Å². The van der Waals surface area contributed by atoms with Crippen LogP contribution in [0.5, 0.6) is 0 Å². The Morgan fingerprint density at radius 1 is 1.14 bits per heavy atom. The zero-order chi connectivity index (χ0) is 19.1. The fraction of sp³-hybridized carbons (Fsp3) is 0.238. The van der Waals surface area contributed by atoms with Crippen LogP contribution in [0.15, 0.2) is 72.0 Å². The molecular weight excluding hydrogens is 485 g/mol. The van der Waals surface area contributed by atoms with E-state index in [2.05, 4.69) is 44.2 Å². The van der Waals surface area contributed by atoms with E-state index in [0.717, 1.165) is 28.9 Å². The largest absolute Gasteiger partial charge is 0.350 e. The summed E-state index contributed by atoms with van der Waals surface area (Å²) < 4.78 is 2.14. The molecule has 0 spiro atoms. The molecule has 3 aromatic rings. The van der Waals surface area contributed by atoms with Gasteiger partial charge in [-0.1, -0.05) is 54.1 Å². The topological polar surface area (TPSA) is 54.2 Å². The Kier molecular flexibility index (Phi) is 8.79. The first kappa shape index (κ1) is 22.2. The molecule has 0 aliphatic rings. The molecule has 148 valence electrons. The second-order valence-corrected chi connectivity index (χ2v) is 6.74. The van der Waals surface area contributed by atoms with E-state index < -0.39 is 0 Å². The maximum Gasteiger partial charge on any atom is 0.191 e. The van der Waals surface area contributed by atoms with Gasteiger partial charge in [0.15, 0.2) is 5.96 Å². The van der Waals surface area contributed by atoms with E-state index in [4.69, 9.17) is 11.6 Å². The predicted octanol–water partition coefficient (Wildman–Crippen LogP) is 4.63. The first-order chi connectivity index (χ1) is 13.2. The number of nitrogens with one attached hydrogen (secondary N) is 2. The van der Waals surface area contributed by atoms with Crippen molar-refractivity contribution in [2.24, 2.45) is 4.99 Å². The molecule has 0 saturated carbocycles. The summed E-state index contributed by atoms with van der Waals surface area (Å²) in [5, 5.41) is 7.47. The van der Waals surface area contributed by atoms with Crippen LogP contribution in [0.4, 0.5) is 0 Å². The zero-order valence-corrected chi connectivity index (χ0v) is 19.1. The SMILES string of the molecule is CN=C(NCc1nccn1Cc1ccccc1)NC(C)c1ccc(Cl)cc1.I. The number of rotatable bonds is 6. The Morgan fingerprint density at radius 3 is 2.54 bits per heavy atom. The van der Waals surface area contributed by atoms with E-state index in [0.29, 0.717) is 6.54 Å². The van der Waals surface area contributed by atoms with Crippen molar-refractivity contribution < 1.29 is 0 Å². The van der Waals surface area contributed by atoms with E-state index in [1.807, 2.05) is 54.9 Å². The van der Waals surface area contributed by atoms with Gasteiger partial charge in [0.1, 0.15) is 5.82 Å². The molecule has 0 amide bonds. The number of imidazole rings is 1. The summed E-state index contributed by atoms with van der Waals surface area (Å²) in [7, 11) is 1.76. The lowest BCUT2D eigenvalue weighted by atomic mass is 10.1. The first-order valence-electron chi connectivity index (χ1n) is 8.92. The zero-order valence-electron chi connectivity index (χ0n) is 16.0. The highest BCUT2D eigenvalue weighted by Crippen LogP contribution is 2.15. The Morgan fingerprint density at radius 2 is 1.86 bits per heavy atom. The first-order valence-corrected chi connectivity index (χ1v) is 9.30. The van der Waals surface area contributed by atoms with Crippen molar-refractivity contribution in [2.45, 2.75) is 26.1 Å². The van der Waals surface area contributed by atoms with Gasteiger partial charge in [-0.05, 0) is 30.2 Å². The molecule has 2 aromatic carbocycles. The number of guanidine groups is 1. The summed E-state index contributed by atoms with van der Waals surface area (Å²) >= 11 is 5.96. The highest BCUT2D eigenvalue weighted by molar-refractivity contribution is 14.0. The minimum atomic E-state index is 0. The van der Waals surface area contributed by atoms with Crippen LogP contribution in [-0.4, -0.2) is 22.6 Å². The number of benzene rings is 2. The van der Waals surface area contributed by atoms with Crippen molar-refractivity contribution in [3.63, 3.8) is 0 Å². The number of aliphatic imine (C=N–C) groups is 1. The molecule has 2 N–H and O–H groups in total. The summed E-state index contributed by atoms with van der Waals surface area (Å²) in [4.78, 5) is 8.78. The average Bonchev–Trinajstić information content (AvgIpc) is 3.13. The Labute approximate surface area is 188 Å². The van der Waals surface area contributed by atoms with Crippen molar-refractivity contribution in [1.82, 2.24) is 20.2 Å². The molecular formula is C21H25ClIN5. The molecule has 0 fully saturated rings. The highest BCUT2D eigenvalue weighted by atomic mass is 127. The van der Waals surface area contributed by atoms with Crippen molar-refractivity contribution >= 4 is 41.5 Å². The molecule has 5 nitrogen and oxygen atoms in total. The molecule has 1 atom stereocenters. The van der Waals surface area contributed by atoms with Crippen LogP contribution in [0, 0.1) is 0 Å². The molecule has 0 radical (unpaired) electrons. The lowest BCUT2D eigenvalue weighted by Crippen LogP contribution is -2.38. The summed E-state index contributed by atoms with van der Waals surface area (Å²) in [6.45, 7) is 3.48. The van der Waals surface area contributed by atoms with Gasteiger partial charge in [0.2, 0.25) is 0 Å². The number of aromatic nitrogens is 2. The van der Waals surface area contributed by atoms with Gasteiger partial charge in [-0.25, -0.2) is 4.98 Å². The molecule has 3 rings (SSSR count). The third kappa shape index (κ3) is 6.24. The highest BCUT2D eigenvalue weighted by Gasteiger charge is 2.09. The fourth-order valence-corrected chi connectivity index (χ4v) is 2.95. The quantitative estimate of drug-likeness (QED) is 0.289. The summed E-state index contributed by atoms with van der Waals surface area (Å²) in [5.41, 5.74) is 2.39. The minimum absolute atomic E-state index is 0. The summed E-state index contributed by atoms with van der Waals surface area (Å²) in [5.74, 6) is 1.69. The van der Waals surface area contributed by atoms with Crippen LogP contribution < -0.4 is 10.6 Å². The average molecular weight is 510 g/mol. The minimum Gasteiger partial charge on any atom is -0.350 e. The van der Waals surface area contributed by atoms with Gasteiger partial charge in [-0.15, -0.1) is 24.0 Å². The van der Waals surface area contributed by atoms with Crippen LogP contribution in [0.1, 0.15) is 29.9 Å². The van der Waals surface area contributed by atoms with Crippen LogP contribution in [0.3, 0.4) is 0 Å². The molecule has 1 unspecified atom stereocenters. The van der Waals surface area contributed by atoms with Crippen LogP contribution in [-0.2, 0) is 13.1 Å². The molecule has 0 aliphatic heterocycles. The van der Waals surface area contributed by atoms with E-state index in [9.17, 15) is 0 Å². The van der Waals surface area contributed by atoms with Crippen LogP contribution >= 0.6 is 35.6 Å². The number of hydrogen-bond acceptors (Lipinski definition) is 2. The second kappa shape index (κ2) is 11.1. The number of halogens is 2. The molecule has 1 aromatic heterocycles. The number of hydrogen-bond donors (Lipinski definition) is 2. The Balaban J connectivity index is 0.00000280. The maximum absolute atomic E-state index is 5.96. The van der Waals surface area contributed by atoms with Gasteiger partial charge in [-0.3, -0.25) is 4.99 Å².